The van der Waals surface area contributed by atoms with Gasteiger partial charge in [-0.25, -0.2) is 9.97 Å². The van der Waals surface area contributed by atoms with E-state index >= 15 is 0 Å². The number of rotatable bonds is 3. The van der Waals surface area contributed by atoms with E-state index < -0.39 is 5.41 Å². The van der Waals surface area contributed by atoms with Crippen LogP contribution in [0.5, 0.6) is 11.5 Å². The Balaban J connectivity index is 1.13. The standard InChI is InChI=1S/C46H30N2O/c1-2-4-15-31(14-3-1)43-36-18-7-11-24-41(36)47-45(48-43)32-28-26-30(27-29-32)33-19-13-23-40-44(33)49-42-25-12-10-22-39(42)46(40)37-20-8-5-16-34(37)35-17-6-9-21-38(35)46/h1-14,16-29H,15H2. The van der Waals surface area contributed by atoms with Gasteiger partial charge in [0.1, 0.15) is 11.5 Å². The van der Waals surface area contributed by atoms with Crippen LogP contribution in [0.2, 0.25) is 0 Å². The highest BCUT2D eigenvalue weighted by Crippen LogP contribution is 2.63. The van der Waals surface area contributed by atoms with Crippen molar-refractivity contribution in [3.05, 3.63) is 198 Å². The van der Waals surface area contributed by atoms with E-state index in [1.165, 1.54) is 33.4 Å². The van der Waals surface area contributed by atoms with Gasteiger partial charge < -0.3 is 4.74 Å². The zero-order chi connectivity index (χ0) is 32.4. The van der Waals surface area contributed by atoms with Gasteiger partial charge in [-0.3, -0.25) is 0 Å². The van der Waals surface area contributed by atoms with E-state index in [-0.39, 0.29) is 0 Å². The predicted molar refractivity (Wildman–Crippen MR) is 199 cm³/mol. The summed E-state index contributed by atoms with van der Waals surface area (Å²) in [5, 5.41) is 1.06. The molecule has 0 radical (unpaired) electrons. The highest BCUT2D eigenvalue weighted by atomic mass is 16.5. The highest BCUT2D eigenvalue weighted by molar-refractivity contribution is 5.93. The lowest BCUT2D eigenvalue weighted by atomic mass is 9.65. The number of allylic oxidation sites excluding steroid dienone is 6. The third-order valence-electron chi connectivity index (χ3n) is 10.2. The Morgan fingerprint density at radius 1 is 0.510 bits per heavy atom. The molecule has 1 aliphatic heterocycles. The van der Waals surface area contributed by atoms with E-state index in [2.05, 4.69) is 164 Å². The maximum absolute atomic E-state index is 6.89. The summed E-state index contributed by atoms with van der Waals surface area (Å²) in [4.78, 5) is 10.2. The average molecular weight is 627 g/mol. The number of ether oxygens (including phenoxy) is 1. The summed E-state index contributed by atoms with van der Waals surface area (Å²) in [5.41, 5.74) is 13.2. The molecule has 10 rings (SSSR count). The maximum atomic E-state index is 6.89. The first-order chi connectivity index (χ1) is 24.3. The largest absolute Gasteiger partial charge is 0.456 e. The molecule has 0 unspecified atom stereocenters. The van der Waals surface area contributed by atoms with E-state index in [9.17, 15) is 0 Å². The summed E-state index contributed by atoms with van der Waals surface area (Å²) in [7, 11) is 0. The zero-order valence-corrected chi connectivity index (χ0v) is 26.7. The molecular weight excluding hydrogens is 597 g/mol. The van der Waals surface area contributed by atoms with Crippen molar-refractivity contribution in [2.75, 3.05) is 0 Å². The normalized spacial score (nSPS) is 14.7. The molecule has 2 aliphatic carbocycles. The summed E-state index contributed by atoms with van der Waals surface area (Å²) in [5.74, 6) is 2.50. The van der Waals surface area contributed by atoms with Crippen LogP contribution in [0.1, 0.15) is 34.4 Å². The molecule has 6 aromatic carbocycles. The molecule has 0 saturated heterocycles. The maximum Gasteiger partial charge on any atom is 0.160 e. The monoisotopic (exact) mass is 626 g/mol. The molecule has 0 saturated carbocycles. The van der Waals surface area contributed by atoms with Gasteiger partial charge in [0.05, 0.1) is 16.6 Å². The lowest BCUT2D eigenvalue weighted by Gasteiger charge is -2.40. The summed E-state index contributed by atoms with van der Waals surface area (Å²) in [6, 6.07) is 49.7. The van der Waals surface area contributed by atoms with Gasteiger partial charge >= 0.3 is 0 Å². The van der Waals surface area contributed by atoms with Crippen molar-refractivity contribution in [1.82, 2.24) is 9.97 Å². The lowest BCUT2D eigenvalue weighted by Crippen LogP contribution is -2.32. The van der Waals surface area contributed by atoms with Crippen LogP contribution in [0.3, 0.4) is 0 Å². The molecule has 3 aliphatic rings. The van der Waals surface area contributed by atoms with Crippen LogP contribution >= 0.6 is 0 Å². The van der Waals surface area contributed by atoms with E-state index in [1.54, 1.807) is 0 Å². The third-order valence-corrected chi connectivity index (χ3v) is 10.2. The molecule has 0 amide bonds. The fourth-order valence-corrected chi connectivity index (χ4v) is 8.11. The van der Waals surface area contributed by atoms with Crippen molar-refractivity contribution < 1.29 is 4.74 Å². The quantitative estimate of drug-likeness (QED) is 0.196. The van der Waals surface area contributed by atoms with E-state index in [1.807, 2.05) is 6.07 Å². The number of benzene rings is 6. The van der Waals surface area contributed by atoms with Crippen molar-refractivity contribution in [3.8, 4) is 45.1 Å². The van der Waals surface area contributed by atoms with E-state index in [0.717, 1.165) is 62.6 Å². The van der Waals surface area contributed by atoms with Crippen LogP contribution in [-0.4, -0.2) is 9.97 Å². The Morgan fingerprint density at radius 2 is 1.16 bits per heavy atom. The van der Waals surface area contributed by atoms with Crippen LogP contribution < -0.4 is 4.74 Å². The first-order valence-electron chi connectivity index (χ1n) is 16.8. The van der Waals surface area contributed by atoms with Gasteiger partial charge in [-0.1, -0.05) is 158 Å². The van der Waals surface area contributed by atoms with Gasteiger partial charge in [0.25, 0.3) is 0 Å². The number of para-hydroxylation sites is 3. The molecule has 3 heteroatoms. The summed E-state index contributed by atoms with van der Waals surface area (Å²) in [6.07, 6.45) is 11.4. The van der Waals surface area contributed by atoms with E-state index in [0.29, 0.717) is 0 Å². The Kier molecular flexibility index (Phi) is 6.16. The van der Waals surface area contributed by atoms with Gasteiger partial charge in [0, 0.05) is 27.6 Å². The molecule has 7 aromatic rings. The van der Waals surface area contributed by atoms with Crippen molar-refractivity contribution in [1.29, 1.82) is 0 Å². The summed E-state index contributed by atoms with van der Waals surface area (Å²) >= 11 is 0. The molecular formula is C46H30N2O. The molecule has 2 heterocycles. The van der Waals surface area contributed by atoms with Crippen molar-refractivity contribution in [2.24, 2.45) is 0 Å². The summed E-state index contributed by atoms with van der Waals surface area (Å²) < 4.78 is 6.89. The number of aromatic nitrogens is 2. The minimum absolute atomic E-state index is 0.486. The van der Waals surface area contributed by atoms with Crippen LogP contribution in [0.15, 0.2) is 170 Å². The Bertz CT molecular complexity index is 2510. The highest BCUT2D eigenvalue weighted by Gasteiger charge is 2.51. The second kappa shape index (κ2) is 10.9. The SMILES string of the molecule is C1=CC=C(c2nc(-c3ccc(-c4cccc5c4Oc4ccccc4C54c5ccccc5-c5ccccc54)cc3)nc3ccccc23)CC=C1. The van der Waals surface area contributed by atoms with Crippen LogP contribution in [0.25, 0.3) is 50.1 Å². The Labute approximate surface area is 285 Å². The van der Waals surface area contributed by atoms with Crippen LogP contribution in [0, 0.1) is 0 Å². The molecule has 1 aromatic heterocycles. The molecule has 3 nitrogen and oxygen atoms in total. The van der Waals surface area contributed by atoms with Gasteiger partial charge in [0.2, 0.25) is 0 Å². The van der Waals surface area contributed by atoms with Crippen LogP contribution in [-0.2, 0) is 5.41 Å². The topological polar surface area (TPSA) is 35.0 Å². The number of fused-ring (bicyclic) bond motifs is 10. The second-order valence-electron chi connectivity index (χ2n) is 12.8. The van der Waals surface area contributed by atoms with Gasteiger partial charge in [-0.15, -0.1) is 0 Å². The molecule has 230 valence electrons. The fourth-order valence-electron chi connectivity index (χ4n) is 8.11. The minimum Gasteiger partial charge on any atom is -0.456 e. The van der Waals surface area contributed by atoms with Gasteiger partial charge in [-0.05, 0) is 51.9 Å². The summed E-state index contributed by atoms with van der Waals surface area (Å²) in [6.45, 7) is 0. The molecule has 0 bridgehead atoms. The van der Waals surface area contributed by atoms with Crippen molar-refractivity contribution >= 4 is 16.5 Å². The number of hydrogen-bond acceptors (Lipinski definition) is 3. The van der Waals surface area contributed by atoms with Gasteiger partial charge in [-0.2, -0.15) is 0 Å². The number of hydrogen-bond donors (Lipinski definition) is 0. The third kappa shape index (κ3) is 4.09. The zero-order valence-electron chi connectivity index (χ0n) is 26.7. The van der Waals surface area contributed by atoms with Crippen molar-refractivity contribution in [3.63, 3.8) is 0 Å². The average Bonchev–Trinajstić information content (AvgIpc) is 3.28. The first kappa shape index (κ1) is 27.8. The predicted octanol–water partition coefficient (Wildman–Crippen LogP) is 11.3. The molecule has 0 N–H and O–H groups in total. The minimum atomic E-state index is -0.486. The molecule has 1 spiro atoms. The Hall–Kier alpha value is -6.32. The van der Waals surface area contributed by atoms with Crippen LogP contribution in [0.4, 0.5) is 0 Å². The van der Waals surface area contributed by atoms with Crippen molar-refractivity contribution in [2.45, 2.75) is 11.8 Å². The fraction of sp³-hybridized carbons (Fsp3) is 0.0435. The molecule has 49 heavy (non-hydrogen) atoms. The first-order valence-corrected chi connectivity index (χ1v) is 16.8. The second-order valence-corrected chi connectivity index (χ2v) is 12.8. The Morgan fingerprint density at radius 3 is 1.98 bits per heavy atom. The lowest BCUT2D eigenvalue weighted by molar-refractivity contribution is 0.438. The van der Waals surface area contributed by atoms with Gasteiger partial charge in [0.15, 0.2) is 5.82 Å². The number of nitrogens with zero attached hydrogens (tertiary/aromatic N) is 2. The molecule has 0 fully saturated rings. The smallest absolute Gasteiger partial charge is 0.160 e. The molecule has 0 atom stereocenters. The van der Waals surface area contributed by atoms with E-state index in [4.69, 9.17) is 14.7 Å².